The van der Waals surface area contributed by atoms with Gasteiger partial charge >= 0.3 is 0 Å². The van der Waals surface area contributed by atoms with Crippen LogP contribution in [-0.2, 0) is 0 Å². The average molecular weight is 280 g/mol. The molecule has 0 aliphatic rings. The molecule has 7 heteroatoms. The lowest BCUT2D eigenvalue weighted by molar-refractivity contribution is -0.991. The monoisotopic (exact) mass is 280 g/mol. The van der Waals surface area contributed by atoms with Crippen molar-refractivity contribution in [3.63, 3.8) is 0 Å². The summed E-state index contributed by atoms with van der Waals surface area (Å²) in [7, 11) is 0. The quantitative estimate of drug-likeness (QED) is 0.617. The smallest absolute Gasteiger partial charge is 0.163 e. The zero-order chi connectivity index (χ0) is 13.8. The van der Waals surface area contributed by atoms with Crippen molar-refractivity contribution in [2.45, 2.75) is 9.79 Å². The molecule has 0 saturated carbocycles. The van der Waals surface area contributed by atoms with Gasteiger partial charge in [-0.25, -0.2) is 10.4 Å². The maximum atomic E-state index is 10.7. The molecule has 6 nitrogen and oxygen atoms in total. The summed E-state index contributed by atoms with van der Waals surface area (Å²) in [5.41, 5.74) is 0.483. The lowest BCUT2D eigenvalue weighted by Gasteiger charge is -2.12. The first-order chi connectivity index (χ1) is 9.06. The molecule has 0 aliphatic carbocycles. The van der Waals surface area contributed by atoms with Gasteiger partial charge in [0, 0.05) is 34.1 Å². The van der Waals surface area contributed by atoms with E-state index in [4.69, 9.17) is 10.4 Å². The molecule has 0 radical (unpaired) electrons. The zero-order valence-electron chi connectivity index (χ0n) is 9.74. The summed E-state index contributed by atoms with van der Waals surface area (Å²) in [6.07, 6.45) is 0. The Morgan fingerprint density at radius 1 is 0.684 bits per heavy atom. The minimum Gasteiger partial charge on any atom is -0.595 e. The van der Waals surface area contributed by atoms with Gasteiger partial charge in [0.25, 0.3) is 0 Å². The van der Waals surface area contributed by atoms with Gasteiger partial charge < -0.3 is 10.4 Å². The number of quaternary nitrogens is 2. The molecule has 4 N–H and O–H groups in total. The molecule has 2 atom stereocenters. The SMILES string of the molecule is [O-][NH+](O)c1ccc(Sc2ccc([NH+]([O-])O)cc2)cc1. The Morgan fingerprint density at radius 2 is 1.00 bits per heavy atom. The van der Waals surface area contributed by atoms with E-state index in [-0.39, 0.29) is 11.4 Å². The predicted molar refractivity (Wildman–Crippen MR) is 68.6 cm³/mol. The highest BCUT2D eigenvalue weighted by Crippen LogP contribution is 2.28. The number of hydrogen-bond donors (Lipinski definition) is 4. The maximum absolute atomic E-state index is 10.7. The van der Waals surface area contributed by atoms with E-state index in [1.807, 2.05) is 0 Å². The molecular weight excluding hydrogens is 268 g/mol. The molecule has 2 aromatic rings. The second-order valence-electron chi connectivity index (χ2n) is 3.76. The molecule has 0 fully saturated rings. The zero-order valence-corrected chi connectivity index (χ0v) is 10.6. The number of rotatable bonds is 4. The van der Waals surface area contributed by atoms with Gasteiger partial charge in [-0.3, -0.25) is 0 Å². The lowest BCUT2D eigenvalue weighted by Crippen LogP contribution is -2.99. The van der Waals surface area contributed by atoms with Crippen LogP contribution in [0.2, 0.25) is 0 Å². The van der Waals surface area contributed by atoms with Gasteiger partial charge in [-0.15, -0.1) is 0 Å². The molecular formula is C12H12N2O4S. The molecule has 100 valence electrons. The van der Waals surface area contributed by atoms with Crippen LogP contribution in [0.5, 0.6) is 0 Å². The van der Waals surface area contributed by atoms with Crippen LogP contribution in [0, 0.1) is 10.4 Å². The maximum Gasteiger partial charge on any atom is 0.163 e. The third-order valence-electron chi connectivity index (χ3n) is 2.44. The van der Waals surface area contributed by atoms with Gasteiger partial charge in [0.1, 0.15) is 0 Å². The summed E-state index contributed by atoms with van der Waals surface area (Å²) < 4.78 is 0. The molecule has 0 spiro atoms. The number of benzene rings is 2. The van der Waals surface area contributed by atoms with Gasteiger partial charge in [0.05, 0.1) is 0 Å². The first kappa shape index (κ1) is 14.0. The highest BCUT2D eigenvalue weighted by atomic mass is 32.2. The van der Waals surface area contributed by atoms with Crippen LogP contribution in [0.25, 0.3) is 0 Å². The van der Waals surface area contributed by atoms with Gasteiger partial charge in [-0.1, -0.05) is 11.8 Å². The molecule has 19 heavy (non-hydrogen) atoms. The summed E-state index contributed by atoms with van der Waals surface area (Å²) in [6, 6.07) is 13.0. The van der Waals surface area contributed by atoms with Crippen LogP contribution in [0.1, 0.15) is 0 Å². The highest BCUT2D eigenvalue weighted by molar-refractivity contribution is 7.99. The van der Waals surface area contributed by atoms with E-state index in [0.29, 0.717) is 0 Å². The van der Waals surface area contributed by atoms with Gasteiger partial charge in [-0.05, 0) is 24.3 Å². The van der Waals surface area contributed by atoms with Crippen molar-refractivity contribution in [3.05, 3.63) is 58.9 Å². The molecule has 0 heterocycles. The van der Waals surface area contributed by atoms with E-state index in [1.54, 1.807) is 24.3 Å². The summed E-state index contributed by atoms with van der Waals surface area (Å²) in [4.78, 5) is 1.79. The van der Waals surface area contributed by atoms with Crippen molar-refractivity contribution in [2.75, 3.05) is 0 Å². The van der Waals surface area contributed by atoms with Gasteiger partial charge in [-0.2, -0.15) is 10.5 Å². The second kappa shape index (κ2) is 6.13. The Morgan fingerprint density at radius 3 is 1.26 bits per heavy atom. The van der Waals surface area contributed by atoms with E-state index < -0.39 is 10.5 Å². The van der Waals surface area contributed by atoms with Crippen LogP contribution in [0.4, 0.5) is 11.4 Å². The Hall–Kier alpha value is -1.45. The Bertz CT molecular complexity index is 479. The fourth-order valence-electron chi connectivity index (χ4n) is 1.47. The summed E-state index contributed by atoms with van der Waals surface area (Å²) in [6.45, 7) is 0. The molecule has 2 unspecified atom stereocenters. The fourth-order valence-corrected chi connectivity index (χ4v) is 2.28. The largest absolute Gasteiger partial charge is 0.595 e. The van der Waals surface area contributed by atoms with Gasteiger partial charge in [0.15, 0.2) is 11.4 Å². The number of nitrogens with one attached hydrogen (secondary N) is 2. The van der Waals surface area contributed by atoms with Crippen molar-refractivity contribution in [3.8, 4) is 0 Å². The Balaban J connectivity index is 2.08. The van der Waals surface area contributed by atoms with E-state index in [0.717, 1.165) is 9.79 Å². The summed E-state index contributed by atoms with van der Waals surface area (Å²) in [5, 5.41) is 37.1. The third-order valence-corrected chi connectivity index (χ3v) is 3.45. The highest BCUT2D eigenvalue weighted by Gasteiger charge is 2.03. The topological polar surface area (TPSA) is 95.5 Å². The van der Waals surface area contributed by atoms with E-state index >= 15 is 0 Å². The lowest BCUT2D eigenvalue weighted by atomic mass is 10.3. The minimum absolute atomic E-state index is 0.241. The average Bonchev–Trinajstić information content (AvgIpc) is 2.40. The fraction of sp³-hybridized carbons (Fsp3) is 0. The van der Waals surface area contributed by atoms with Crippen molar-refractivity contribution < 1.29 is 20.9 Å². The molecule has 2 aromatic carbocycles. The minimum atomic E-state index is -0.956. The second-order valence-corrected chi connectivity index (χ2v) is 4.91. The first-order valence-corrected chi connectivity index (χ1v) is 6.22. The molecule has 2 rings (SSSR count). The molecule has 0 aliphatic heterocycles. The van der Waals surface area contributed by atoms with Crippen LogP contribution in [0.15, 0.2) is 58.3 Å². The van der Waals surface area contributed by atoms with Crippen molar-refractivity contribution >= 4 is 23.1 Å². The van der Waals surface area contributed by atoms with Crippen molar-refractivity contribution in [2.24, 2.45) is 0 Å². The number of hydrogen-bond acceptors (Lipinski definition) is 5. The first-order valence-electron chi connectivity index (χ1n) is 5.41. The van der Waals surface area contributed by atoms with Crippen LogP contribution in [-0.4, -0.2) is 10.4 Å². The molecule has 0 saturated heterocycles. The summed E-state index contributed by atoms with van der Waals surface area (Å²) >= 11 is 1.44. The van der Waals surface area contributed by atoms with Gasteiger partial charge in [0.2, 0.25) is 0 Å². The third kappa shape index (κ3) is 3.75. The Labute approximate surface area is 113 Å². The molecule has 0 bridgehead atoms. The van der Waals surface area contributed by atoms with E-state index in [9.17, 15) is 10.4 Å². The summed E-state index contributed by atoms with van der Waals surface area (Å²) in [5.74, 6) is 0. The van der Waals surface area contributed by atoms with Crippen LogP contribution in [0.3, 0.4) is 0 Å². The standard InChI is InChI=1S/C12H12N2O4S/c15-13(16)9-1-5-11(6-2-9)19-12-7-3-10(4-8-12)14(17)18/h1-8,13-15,17H. The Kier molecular flexibility index (Phi) is 4.51. The van der Waals surface area contributed by atoms with Crippen molar-refractivity contribution in [1.29, 1.82) is 0 Å². The normalized spacial score (nSPS) is 14.1. The van der Waals surface area contributed by atoms with Crippen LogP contribution < -0.4 is 10.5 Å². The predicted octanol–water partition coefficient (Wildman–Crippen LogP) is 0.645. The molecule has 0 aromatic heterocycles. The van der Waals surface area contributed by atoms with Crippen LogP contribution >= 0.6 is 11.8 Å². The molecule has 0 amide bonds. The van der Waals surface area contributed by atoms with E-state index in [2.05, 4.69) is 0 Å². The van der Waals surface area contributed by atoms with E-state index in [1.165, 1.54) is 36.0 Å². The van der Waals surface area contributed by atoms with Crippen molar-refractivity contribution in [1.82, 2.24) is 0 Å².